The number of hydrogen-bond acceptors (Lipinski definition) is 1. The average Bonchev–Trinajstić information content (AvgIpc) is 2.11. The van der Waals surface area contributed by atoms with Crippen LogP contribution in [0.25, 0.3) is 0 Å². The number of hydrogen-bond donors (Lipinski definition) is 0. The number of unbranched alkanes of at least 4 members (excludes halogenated alkanes) is 4. The van der Waals surface area contributed by atoms with E-state index >= 15 is 0 Å². The summed E-state index contributed by atoms with van der Waals surface area (Å²) in [7, 11) is 0. The van der Waals surface area contributed by atoms with Crippen LogP contribution in [0.2, 0.25) is 0 Å². The third-order valence-electron chi connectivity index (χ3n) is 1.84. The standard InChI is InChI=1S/C12H20O/c1-3-5-6-7-8-9-11-12(13)10-4-2/h4,9-11H,3,5-8H2,1-2H3/b10-4+,11-9+. The fraction of sp³-hybridized carbons (Fsp3) is 0.583. The zero-order chi connectivity index (χ0) is 9.94. The summed E-state index contributed by atoms with van der Waals surface area (Å²) in [5.74, 6) is 0.0954. The summed E-state index contributed by atoms with van der Waals surface area (Å²) in [6.07, 6.45) is 13.1. The van der Waals surface area contributed by atoms with Crippen LogP contribution in [-0.2, 0) is 4.79 Å². The van der Waals surface area contributed by atoms with Crippen molar-refractivity contribution in [3.05, 3.63) is 24.3 Å². The Kier molecular flexibility index (Phi) is 8.64. The van der Waals surface area contributed by atoms with Gasteiger partial charge in [-0.15, -0.1) is 0 Å². The van der Waals surface area contributed by atoms with Crippen molar-refractivity contribution in [3.63, 3.8) is 0 Å². The van der Waals surface area contributed by atoms with E-state index in [-0.39, 0.29) is 5.78 Å². The number of ketones is 1. The lowest BCUT2D eigenvalue weighted by atomic mass is 10.1. The first-order chi connectivity index (χ1) is 6.31. The maximum atomic E-state index is 11.0. The minimum atomic E-state index is 0.0954. The van der Waals surface area contributed by atoms with Gasteiger partial charge in [0, 0.05) is 0 Å². The van der Waals surface area contributed by atoms with Crippen LogP contribution in [0.5, 0.6) is 0 Å². The second kappa shape index (κ2) is 9.24. The van der Waals surface area contributed by atoms with Gasteiger partial charge in [-0.05, 0) is 31.9 Å². The molecular formula is C12H20O. The predicted octanol–water partition coefficient (Wildman–Crippen LogP) is 3.66. The summed E-state index contributed by atoms with van der Waals surface area (Å²) in [6, 6.07) is 0. The van der Waals surface area contributed by atoms with Crippen molar-refractivity contribution in [1.29, 1.82) is 0 Å². The van der Waals surface area contributed by atoms with Gasteiger partial charge in [-0.1, -0.05) is 38.3 Å². The molecule has 74 valence electrons. The third-order valence-corrected chi connectivity index (χ3v) is 1.84. The molecule has 0 N–H and O–H groups in total. The molecule has 0 heterocycles. The van der Waals surface area contributed by atoms with Gasteiger partial charge in [0.2, 0.25) is 0 Å². The molecule has 0 aromatic carbocycles. The van der Waals surface area contributed by atoms with Crippen LogP contribution < -0.4 is 0 Å². The maximum Gasteiger partial charge on any atom is 0.177 e. The van der Waals surface area contributed by atoms with E-state index in [2.05, 4.69) is 6.92 Å². The molecule has 0 radical (unpaired) electrons. The van der Waals surface area contributed by atoms with Crippen molar-refractivity contribution in [3.8, 4) is 0 Å². The van der Waals surface area contributed by atoms with Crippen molar-refractivity contribution in [1.82, 2.24) is 0 Å². The zero-order valence-corrected chi connectivity index (χ0v) is 8.75. The summed E-state index contributed by atoms with van der Waals surface area (Å²) in [6.45, 7) is 4.05. The van der Waals surface area contributed by atoms with Crippen LogP contribution in [0.3, 0.4) is 0 Å². The maximum absolute atomic E-state index is 11.0. The predicted molar refractivity (Wildman–Crippen MR) is 57.7 cm³/mol. The second-order valence-electron chi connectivity index (χ2n) is 3.15. The quantitative estimate of drug-likeness (QED) is 0.431. The zero-order valence-electron chi connectivity index (χ0n) is 8.75. The van der Waals surface area contributed by atoms with Gasteiger partial charge in [0.05, 0.1) is 0 Å². The molecule has 0 aromatic heterocycles. The molecule has 0 aliphatic heterocycles. The van der Waals surface area contributed by atoms with E-state index in [0.717, 1.165) is 6.42 Å². The summed E-state index contributed by atoms with van der Waals surface area (Å²) >= 11 is 0. The van der Waals surface area contributed by atoms with E-state index in [9.17, 15) is 4.79 Å². The minimum absolute atomic E-state index is 0.0954. The van der Waals surface area contributed by atoms with Gasteiger partial charge in [0.15, 0.2) is 5.78 Å². The van der Waals surface area contributed by atoms with Gasteiger partial charge < -0.3 is 0 Å². The third kappa shape index (κ3) is 9.06. The smallest absolute Gasteiger partial charge is 0.177 e. The molecule has 0 rings (SSSR count). The molecule has 0 spiro atoms. The molecule has 0 saturated heterocycles. The minimum Gasteiger partial charge on any atom is -0.290 e. The molecule has 0 unspecified atom stereocenters. The first-order valence-electron chi connectivity index (χ1n) is 5.14. The molecule has 13 heavy (non-hydrogen) atoms. The Hall–Kier alpha value is -0.850. The van der Waals surface area contributed by atoms with Gasteiger partial charge in [0.25, 0.3) is 0 Å². The Morgan fingerprint density at radius 1 is 1.15 bits per heavy atom. The van der Waals surface area contributed by atoms with E-state index < -0.39 is 0 Å². The van der Waals surface area contributed by atoms with Crippen LogP contribution in [0.1, 0.15) is 46.0 Å². The first-order valence-corrected chi connectivity index (χ1v) is 5.14. The van der Waals surface area contributed by atoms with Crippen LogP contribution in [0, 0.1) is 0 Å². The number of allylic oxidation sites excluding steroid dienone is 4. The van der Waals surface area contributed by atoms with Crippen molar-refractivity contribution in [2.75, 3.05) is 0 Å². The summed E-state index contributed by atoms with van der Waals surface area (Å²) < 4.78 is 0. The Morgan fingerprint density at radius 3 is 2.54 bits per heavy atom. The van der Waals surface area contributed by atoms with Gasteiger partial charge in [-0.3, -0.25) is 4.79 Å². The Balaban J connectivity index is 3.35. The SMILES string of the molecule is C/C=C/C(=O)/C=C/CCCCCC. The normalized spacial score (nSPS) is 11.5. The Labute approximate surface area is 81.5 Å². The molecule has 0 aromatic rings. The van der Waals surface area contributed by atoms with E-state index in [4.69, 9.17) is 0 Å². The van der Waals surface area contributed by atoms with Gasteiger partial charge in [0.1, 0.15) is 0 Å². The van der Waals surface area contributed by atoms with Crippen molar-refractivity contribution in [2.24, 2.45) is 0 Å². The molecule has 0 amide bonds. The number of carbonyl (C=O) groups is 1. The molecular weight excluding hydrogens is 160 g/mol. The lowest BCUT2D eigenvalue weighted by molar-refractivity contribution is -0.110. The molecule has 0 atom stereocenters. The van der Waals surface area contributed by atoms with Gasteiger partial charge in [-0.25, -0.2) is 0 Å². The highest BCUT2D eigenvalue weighted by Gasteiger charge is 1.87. The Morgan fingerprint density at radius 2 is 1.92 bits per heavy atom. The Bertz CT molecular complexity index is 178. The first kappa shape index (κ1) is 12.2. The second-order valence-corrected chi connectivity index (χ2v) is 3.15. The summed E-state index contributed by atoms with van der Waals surface area (Å²) in [5.41, 5.74) is 0. The molecule has 0 aliphatic carbocycles. The number of rotatable bonds is 7. The van der Waals surface area contributed by atoms with E-state index in [0.29, 0.717) is 0 Å². The van der Waals surface area contributed by atoms with E-state index in [1.165, 1.54) is 25.7 Å². The van der Waals surface area contributed by atoms with Crippen LogP contribution in [-0.4, -0.2) is 5.78 Å². The average molecular weight is 180 g/mol. The van der Waals surface area contributed by atoms with E-state index in [1.807, 2.05) is 13.0 Å². The fourth-order valence-electron chi connectivity index (χ4n) is 1.11. The highest BCUT2D eigenvalue weighted by Crippen LogP contribution is 2.02. The molecule has 0 aliphatic rings. The van der Waals surface area contributed by atoms with Crippen molar-refractivity contribution >= 4 is 5.78 Å². The summed E-state index contributed by atoms with van der Waals surface area (Å²) in [4.78, 5) is 11.0. The lowest BCUT2D eigenvalue weighted by Crippen LogP contribution is -1.83. The highest BCUT2D eigenvalue weighted by atomic mass is 16.1. The highest BCUT2D eigenvalue weighted by molar-refractivity contribution is 5.98. The monoisotopic (exact) mass is 180 g/mol. The molecule has 0 bridgehead atoms. The summed E-state index contributed by atoms with van der Waals surface area (Å²) in [5, 5.41) is 0. The van der Waals surface area contributed by atoms with Crippen LogP contribution >= 0.6 is 0 Å². The van der Waals surface area contributed by atoms with Gasteiger partial charge in [-0.2, -0.15) is 0 Å². The fourth-order valence-corrected chi connectivity index (χ4v) is 1.11. The van der Waals surface area contributed by atoms with Crippen LogP contribution in [0.15, 0.2) is 24.3 Å². The lowest BCUT2D eigenvalue weighted by Gasteiger charge is -1.93. The molecule has 1 nitrogen and oxygen atoms in total. The molecule has 1 heteroatoms. The number of carbonyl (C=O) groups excluding carboxylic acids is 1. The topological polar surface area (TPSA) is 17.1 Å². The molecule has 0 saturated carbocycles. The molecule has 0 fully saturated rings. The van der Waals surface area contributed by atoms with E-state index in [1.54, 1.807) is 18.2 Å². The van der Waals surface area contributed by atoms with Crippen molar-refractivity contribution in [2.45, 2.75) is 46.0 Å². The van der Waals surface area contributed by atoms with Gasteiger partial charge >= 0.3 is 0 Å². The van der Waals surface area contributed by atoms with Crippen LogP contribution in [0.4, 0.5) is 0 Å². The largest absolute Gasteiger partial charge is 0.290 e. The van der Waals surface area contributed by atoms with Crippen molar-refractivity contribution < 1.29 is 4.79 Å².